The Bertz CT molecular complexity index is 190. The molecule has 13 heavy (non-hydrogen) atoms. The van der Waals surface area contributed by atoms with Crippen molar-refractivity contribution in [1.29, 1.82) is 0 Å². The van der Waals surface area contributed by atoms with Gasteiger partial charge in [0, 0.05) is 6.54 Å². The first-order valence-electron chi connectivity index (χ1n) is 4.73. The summed E-state index contributed by atoms with van der Waals surface area (Å²) >= 11 is 6.55. The average molecular weight is 217 g/mol. The van der Waals surface area contributed by atoms with Crippen LogP contribution < -0.4 is 0 Å². The third kappa shape index (κ3) is 3.27. The van der Waals surface area contributed by atoms with E-state index < -0.39 is 0 Å². The van der Waals surface area contributed by atoms with Crippen molar-refractivity contribution in [1.82, 2.24) is 4.90 Å². The monoisotopic (exact) mass is 217 g/mol. The SMILES string of the molecule is CCCCCCN1C(=O)CSC1=S. The normalized spacial score (nSPS) is 17.2. The van der Waals surface area contributed by atoms with Gasteiger partial charge in [0.1, 0.15) is 4.32 Å². The van der Waals surface area contributed by atoms with Gasteiger partial charge in [-0.25, -0.2) is 0 Å². The molecule has 1 heterocycles. The maximum absolute atomic E-state index is 11.3. The van der Waals surface area contributed by atoms with E-state index in [1.807, 2.05) is 0 Å². The van der Waals surface area contributed by atoms with Crippen LogP contribution in [0.2, 0.25) is 0 Å². The van der Waals surface area contributed by atoms with Gasteiger partial charge in [0.2, 0.25) is 5.91 Å². The molecule has 0 aromatic rings. The third-order valence-corrected chi connectivity index (χ3v) is 3.51. The van der Waals surface area contributed by atoms with Crippen LogP contribution in [0.25, 0.3) is 0 Å². The maximum Gasteiger partial charge on any atom is 0.238 e. The van der Waals surface area contributed by atoms with E-state index in [9.17, 15) is 4.79 Å². The lowest BCUT2D eigenvalue weighted by atomic mass is 10.2. The van der Waals surface area contributed by atoms with Gasteiger partial charge in [0.25, 0.3) is 0 Å². The summed E-state index contributed by atoms with van der Waals surface area (Å²) in [5, 5.41) is 0. The number of thiocarbonyl (C=S) groups is 1. The molecule has 1 rings (SSSR count). The molecule has 0 spiro atoms. The fraction of sp³-hybridized carbons (Fsp3) is 0.778. The molecule has 0 bridgehead atoms. The van der Waals surface area contributed by atoms with E-state index >= 15 is 0 Å². The van der Waals surface area contributed by atoms with E-state index in [1.54, 1.807) is 4.90 Å². The van der Waals surface area contributed by atoms with Crippen LogP contribution in [0.5, 0.6) is 0 Å². The molecule has 1 aliphatic heterocycles. The zero-order chi connectivity index (χ0) is 9.68. The first-order chi connectivity index (χ1) is 6.25. The number of amides is 1. The van der Waals surface area contributed by atoms with Crippen molar-refractivity contribution in [3.8, 4) is 0 Å². The van der Waals surface area contributed by atoms with Crippen LogP contribution in [0, 0.1) is 0 Å². The number of hydrogen-bond donors (Lipinski definition) is 0. The molecule has 1 saturated heterocycles. The summed E-state index contributed by atoms with van der Waals surface area (Å²) in [7, 11) is 0. The van der Waals surface area contributed by atoms with Crippen LogP contribution in [0.15, 0.2) is 0 Å². The van der Waals surface area contributed by atoms with Gasteiger partial charge in [0.05, 0.1) is 5.75 Å². The minimum absolute atomic E-state index is 0.187. The lowest BCUT2D eigenvalue weighted by Gasteiger charge is -2.13. The van der Waals surface area contributed by atoms with Crippen molar-refractivity contribution < 1.29 is 4.79 Å². The maximum atomic E-state index is 11.3. The lowest BCUT2D eigenvalue weighted by Crippen LogP contribution is -2.29. The molecule has 0 saturated carbocycles. The van der Waals surface area contributed by atoms with Crippen LogP contribution in [0.1, 0.15) is 32.6 Å². The number of unbranched alkanes of at least 4 members (excludes halogenated alkanes) is 3. The predicted molar refractivity (Wildman–Crippen MR) is 60.9 cm³/mol. The van der Waals surface area contributed by atoms with Crippen LogP contribution in [0.4, 0.5) is 0 Å². The van der Waals surface area contributed by atoms with Crippen LogP contribution in [-0.4, -0.2) is 27.4 Å². The van der Waals surface area contributed by atoms with Gasteiger partial charge in [-0.2, -0.15) is 0 Å². The quantitative estimate of drug-likeness (QED) is 0.521. The first-order valence-corrected chi connectivity index (χ1v) is 6.12. The van der Waals surface area contributed by atoms with E-state index in [-0.39, 0.29) is 5.91 Å². The summed E-state index contributed by atoms with van der Waals surface area (Å²) in [6, 6.07) is 0. The molecule has 1 fully saturated rings. The molecule has 0 unspecified atom stereocenters. The van der Waals surface area contributed by atoms with Gasteiger partial charge in [-0.3, -0.25) is 9.69 Å². The van der Waals surface area contributed by atoms with Gasteiger partial charge in [-0.05, 0) is 6.42 Å². The number of carbonyl (C=O) groups is 1. The summed E-state index contributed by atoms with van der Waals surface area (Å²) in [5.41, 5.74) is 0. The number of hydrogen-bond acceptors (Lipinski definition) is 3. The number of nitrogens with zero attached hydrogens (tertiary/aromatic N) is 1. The summed E-state index contributed by atoms with van der Waals surface area (Å²) in [4.78, 5) is 13.0. The van der Waals surface area contributed by atoms with Crippen molar-refractivity contribution in [2.75, 3.05) is 12.3 Å². The highest BCUT2D eigenvalue weighted by molar-refractivity contribution is 8.23. The Morgan fingerprint density at radius 3 is 2.77 bits per heavy atom. The van der Waals surface area contributed by atoms with Crippen LogP contribution >= 0.6 is 24.0 Å². The van der Waals surface area contributed by atoms with Gasteiger partial charge in [-0.15, -0.1) is 0 Å². The molecular weight excluding hydrogens is 202 g/mol. The summed E-state index contributed by atoms with van der Waals surface area (Å²) in [5.74, 6) is 0.735. The summed E-state index contributed by atoms with van der Waals surface area (Å²) < 4.78 is 0.765. The van der Waals surface area contributed by atoms with Crippen molar-refractivity contribution in [2.45, 2.75) is 32.6 Å². The second-order valence-electron chi connectivity index (χ2n) is 3.16. The topological polar surface area (TPSA) is 20.3 Å². The Morgan fingerprint density at radius 2 is 2.23 bits per heavy atom. The standard InChI is InChI=1S/C9H15NOS2/c1-2-3-4-5-6-10-8(11)7-13-9(10)12/h2-7H2,1H3. The van der Waals surface area contributed by atoms with Gasteiger partial charge >= 0.3 is 0 Å². The van der Waals surface area contributed by atoms with Crippen molar-refractivity contribution in [2.24, 2.45) is 0 Å². The average Bonchev–Trinajstić information content (AvgIpc) is 2.42. The molecule has 4 heteroatoms. The van der Waals surface area contributed by atoms with Crippen molar-refractivity contribution in [3.05, 3.63) is 0 Å². The van der Waals surface area contributed by atoms with E-state index in [0.717, 1.165) is 17.3 Å². The van der Waals surface area contributed by atoms with Crippen LogP contribution in [0.3, 0.4) is 0 Å². The van der Waals surface area contributed by atoms with E-state index in [0.29, 0.717) is 5.75 Å². The molecule has 74 valence electrons. The predicted octanol–water partition coefficient (Wildman–Crippen LogP) is 2.43. The van der Waals surface area contributed by atoms with Gasteiger partial charge < -0.3 is 0 Å². The Hall–Kier alpha value is -0.0900. The van der Waals surface area contributed by atoms with Crippen molar-refractivity contribution >= 4 is 34.2 Å². The zero-order valence-electron chi connectivity index (χ0n) is 7.91. The molecule has 1 aliphatic rings. The summed E-state index contributed by atoms with van der Waals surface area (Å²) in [6.45, 7) is 3.01. The minimum Gasteiger partial charge on any atom is -0.297 e. The highest BCUT2D eigenvalue weighted by Crippen LogP contribution is 2.19. The number of thioether (sulfide) groups is 1. The van der Waals surface area contributed by atoms with Gasteiger partial charge in [-0.1, -0.05) is 50.2 Å². The molecule has 0 aromatic heterocycles. The molecule has 0 N–H and O–H groups in total. The zero-order valence-corrected chi connectivity index (χ0v) is 9.55. The molecule has 0 radical (unpaired) electrons. The molecule has 2 nitrogen and oxygen atoms in total. The molecule has 1 amide bonds. The Labute approximate surface area is 89.1 Å². The molecule has 0 atom stereocenters. The van der Waals surface area contributed by atoms with Crippen molar-refractivity contribution in [3.63, 3.8) is 0 Å². The van der Waals surface area contributed by atoms with E-state index in [1.165, 1.54) is 31.0 Å². The highest BCUT2D eigenvalue weighted by atomic mass is 32.2. The molecule has 0 aromatic carbocycles. The number of rotatable bonds is 5. The Morgan fingerprint density at radius 1 is 1.46 bits per heavy atom. The Kier molecular flexibility index (Phi) is 4.73. The molecule has 0 aliphatic carbocycles. The largest absolute Gasteiger partial charge is 0.297 e. The second kappa shape index (κ2) is 5.60. The second-order valence-corrected chi connectivity index (χ2v) is 4.77. The van der Waals surface area contributed by atoms with Gasteiger partial charge in [0.15, 0.2) is 0 Å². The third-order valence-electron chi connectivity index (χ3n) is 2.08. The molecular formula is C9H15NOS2. The fourth-order valence-electron chi connectivity index (χ4n) is 1.29. The van der Waals surface area contributed by atoms with Crippen LogP contribution in [-0.2, 0) is 4.79 Å². The minimum atomic E-state index is 0.187. The number of carbonyl (C=O) groups excluding carboxylic acids is 1. The summed E-state index contributed by atoms with van der Waals surface area (Å²) in [6.07, 6.45) is 4.77. The Balaban J connectivity index is 2.20. The fourth-order valence-corrected chi connectivity index (χ4v) is 2.42. The van der Waals surface area contributed by atoms with E-state index in [4.69, 9.17) is 12.2 Å². The highest BCUT2D eigenvalue weighted by Gasteiger charge is 2.25. The lowest BCUT2D eigenvalue weighted by molar-refractivity contribution is -0.124. The first kappa shape index (κ1) is 11.0. The van der Waals surface area contributed by atoms with E-state index in [2.05, 4.69) is 6.92 Å². The smallest absolute Gasteiger partial charge is 0.238 e.